The Balaban J connectivity index is 1.33. The van der Waals surface area contributed by atoms with E-state index < -0.39 is 15.9 Å². The number of hydrogen-bond donors (Lipinski definition) is 1. The normalized spacial score (nSPS) is 11.3. The Morgan fingerprint density at radius 3 is 2.03 bits per heavy atom. The standard InChI is InChI=1S/C29H27N3O4S/c1-37(34,35)32(21-24-8-4-2-5-9-24)27-16-14-26(15-17-27)29(33)31-30-20-23-12-18-28(19-13-23)36-22-25-10-6-3-7-11-25/h2-20H,21-22H2,1H3,(H,31,33)/b30-20-. The van der Waals surface area contributed by atoms with Crippen molar-refractivity contribution in [2.75, 3.05) is 10.6 Å². The lowest BCUT2D eigenvalue weighted by Gasteiger charge is -2.22. The molecule has 0 heterocycles. The second-order valence-electron chi connectivity index (χ2n) is 8.34. The van der Waals surface area contributed by atoms with Gasteiger partial charge in [0.05, 0.1) is 24.7 Å². The summed E-state index contributed by atoms with van der Waals surface area (Å²) in [5.41, 5.74) is 6.07. The number of carbonyl (C=O) groups excluding carboxylic acids is 1. The number of carbonyl (C=O) groups is 1. The molecule has 188 valence electrons. The highest BCUT2D eigenvalue weighted by Gasteiger charge is 2.18. The first-order chi connectivity index (χ1) is 17.9. The number of hydrogen-bond acceptors (Lipinski definition) is 5. The first kappa shape index (κ1) is 25.7. The lowest BCUT2D eigenvalue weighted by Crippen LogP contribution is -2.29. The number of benzene rings is 4. The molecule has 7 nitrogen and oxygen atoms in total. The number of anilines is 1. The van der Waals surface area contributed by atoms with Crippen LogP contribution in [-0.4, -0.2) is 26.8 Å². The van der Waals surface area contributed by atoms with E-state index in [4.69, 9.17) is 4.74 Å². The number of nitrogens with one attached hydrogen (secondary N) is 1. The summed E-state index contributed by atoms with van der Waals surface area (Å²) in [5, 5.41) is 4.02. The van der Waals surface area contributed by atoms with E-state index in [2.05, 4.69) is 10.5 Å². The van der Waals surface area contributed by atoms with Crippen LogP contribution < -0.4 is 14.5 Å². The molecule has 0 aliphatic rings. The average Bonchev–Trinajstić information content (AvgIpc) is 2.92. The molecule has 8 heteroatoms. The van der Waals surface area contributed by atoms with Crippen molar-refractivity contribution in [1.29, 1.82) is 0 Å². The zero-order valence-electron chi connectivity index (χ0n) is 20.3. The van der Waals surface area contributed by atoms with Crippen molar-refractivity contribution in [3.8, 4) is 5.75 Å². The van der Waals surface area contributed by atoms with Gasteiger partial charge in [0, 0.05) is 5.56 Å². The maximum absolute atomic E-state index is 12.5. The minimum absolute atomic E-state index is 0.200. The van der Waals surface area contributed by atoms with Crippen molar-refractivity contribution in [1.82, 2.24) is 5.43 Å². The van der Waals surface area contributed by atoms with Crippen LogP contribution in [0.1, 0.15) is 27.0 Å². The molecule has 0 atom stereocenters. The fourth-order valence-corrected chi connectivity index (χ4v) is 4.44. The molecular formula is C29H27N3O4S. The summed E-state index contributed by atoms with van der Waals surface area (Å²) in [6.07, 6.45) is 2.70. The molecule has 0 aliphatic heterocycles. The Kier molecular flexibility index (Phi) is 8.33. The highest BCUT2D eigenvalue weighted by Crippen LogP contribution is 2.21. The number of ether oxygens (including phenoxy) is 1. The van der Waals surface area contributed by atoms with Crippen LogP contribution in [-0.2, 0) is 23.2 Å². The van der Waals surface area contributed by atoms with Crippen LogP contribution in [0.2, 0.25) is 0 Å². The van der Waals surface area contributed by atoms with Crippen LogP contribution in [0.15, 0.2) is 114 Å². The Labute approximate surface area is 217 Å². The Morgan fingerprint density at radius 1 is 0.838 bits per heavy atom. The van der Waals surface area contributed by atoms with E-state index in [1.165, 1.54) is 4.31 Å². The molecule has 4 aromatic carbocycles. The number of nitrogens with zero attached hydrogens (tertiary/aromatic N) is 2. The monoisotopic (exact) mass is 513 g/mol. The molecule has 0 unspecified atom stereocenters. The molecule has 0 aromatic heterocycles. The number of rotatable bonds is 10. The molecule has 0 saturated carbocycles. The number of hydrazone groups is 1. The summed E-state index contributed by atoms with van der Waals surface area (Å²) < 4.78 is 31.8. The highest BCUT2D eigenvalue weighted by atomic mass is 32.2. The van der Waals surface area contributed by atoms with Gasteiger partial charge in [-0.1, -0.05) is 60.7 Å². The van der Waals surface area contributed by atoms with Gasteiger partial charge >= 0.3 is 0 Å². The molecule has 1 N–H and O–H groups in total. The zero-order valence-corrected chi connectivity index (χ0v) is 21.1. The summed E-state index contributed by atoms with van der Waals surface area (Å²) in [6, 6.07) is 33.0. The van der Waals surface area contributed by atoms with Gasteiger partial charge in [-0.15, -0.1) is 0 Å². The largest absolute Gasteiger partial charge is 0.489 e. The molecule has 0 bridgehead atoms. The Bertz CT molecular complexity index is 1440. The van der Waals surface area contributed by atoms with Gasteiger partial charge in [0.1, 0.15) is 12.4 Å². The second-order valence-corrected chi connectivity index (χ2v) is 10.3. The minimum atomic E-state index is -3.51. The van der Waals surface area contributed by atoms with E-state index in [9.17, 15) is 13.2 Å². The second kappa shape index (κ2) is 12.0. The van der Waals surface area contributed by atoms with Crippen molar-refractivity contribution in [3.05, 3.63) is 131 Å². The number of sulfonamides is 1. The van der Waals surface area contributed by atoms with E-state index in [1.54, 1.807) is 30.5 Å². The summed E-state index contributed by atoms with van der Waals surface area (Å²) in [4.78, 5) is 12.5. The molecule has 1 amide bonds. The summed E-state index contributed by atoms with van der Waals surface area (Å²) in [6.45, 7) is 0.683. The van der Waals surface area contributed by atoms with Gasteiger partial charge in [-0.3, -0.25) is 9.10 Å². The molecule has 4 rings (SSSR count). The first-order valence-electron chi connectivity index (χ1n) is 11.6. The van der Waals surface area contributed by atoms with Gasteiger partial charge in [0.25, 0.3) is 5.91 Å². The molecule has 0 saturated heterocycles. The third-order valence-electron chi connectivity index (χ3n) is 5.49. The minimum Gasteiger partial charge on any atom is -0.489 e. The summed E-state index contributed by atoms with van der Waals surface area (Å²) in [5.74, 6) is 0.333. The fraction of sp³-hybridized carbons (Fsp3) is 0.103. The predicted molar refractivity (Wildman–Crippen MR) is 146 cm³/mol. The zero-order chi connectivity index (χ0) is 26.1. The van der Waals surface area contributed by atoms with Gasteiger partial charge in [0.15, 0.2) is 0 Å². The summed E-state index contributed by atoms with van der Waals surface area (Å²) in [7, 11) is -3.51. The lowest BCUT2D eigenvalue weighted by atomic mass is 10.2. The number of amides is 1. The molecule has 0 fully saturated rings. The van der Waals surface area contributed by atoms with E-state index >= 15 is 0 Å². The van der Waals surface area contributed by atoms with Gasteiger partial charge in [-0.05, 0) is 65.2 Å². The fourth-order valence-electron chi connectivity index (χ4n) is 3.55. The van der Waals surface area contributed by atoms with Crippen molar-refractivity contribution in [2.24, 2.45) is 5.10 Å². The SMILES string of the molecule is CS(=O)(=O)N(Cc1ccccc1)c1ccc(C(=O)N/N=C\c2ccc(OCc3ccccc3)cc2)cc1. The van der Waals surface area contributed by atoms with Gasteiger partial charge in [0.2, 0.25) is 10.0 Å². The first-order valence-corrected chi connectivity index (χ1v) is 13.5. The van der Waals surface area contributed by atoms with Crippen LogP contribution in [0.4, 0.5) is 5.69 Å². The van der Waals surface area contributed by atoms with Crippen molar-refractivity contribution in [2.45, 2.75) is 13.2 Å². The average molecular weight is 514 g/mol. The molecule has 37 heavy (non-hydrogen) atoms. The van der Waals surface area contributed by atoms with E-state index in [1.807, 2.05) is 84.9 Å². The molecule has 0 spiro atoms. The maximum Gasteiger partial charge on any atom is 0.271 e. The van der Waals surface area contributed by atoms with Crippen molar-refractivity contribution >= 4 is 27.8 Å². The van der Waals surface area contributed by atoms with E-state index in [0.29, 0.717) is 17.9 Å². The van der Waals surface area contributed by atoms with Crippen molar-refractivity contribution < 1.29 is 17.9 Å². The quantitative estimate of drug-likeness (QED) is 0.239. The lowest BCUT2D eigenvalue weighted by molar-refractivity contribution is 0.0955. The van der Waals surface area contributed by atoms with E-state index in [0.717, 1.165) is 28.7 Å². The van der Waals surface area contributed by atoms with Gasteiger partial charge in [-0.2, -0.15) is 5.10 Å². The molecule has 4 aromatic rings. The molecule has 0 radical (unpaired) electrons. The predicted octanol–water partition coefficient (Wildman–Crippen LogP) is 5.00. The Morgan fingerprint density at radius 2 is 1.43 bits per heavy atom. The third kappa shape index (κ3) is 7.52. The van der Waals surface area contributed by atoms with Crippen molar-refractivity contribution in [3.63, 3.8) is 0 Å². The topological polar surface area (TPSA) is 88.1 Å². The highest BCUT2D eigenvalue weighted by molar-refractivity contribution is 7.92. The molecular weight excluding hydrogens is 486 g/mol. The van der Waals surface area contributed by atoms with Gasteiger partial charge < -0.3 is 4.74 Å². The maximum atomic E-state index is 12.5. The molecule has 0 aliphatic carbocycles. The van der Waals surface area contributed by atoms with Crippen LogP contribution in [0.5, 0.6) is 5.75 Å². The van der Waals surface area contributed by atoms with Crippen LogP contribution in [0.25, 0.3) is 0 Å². The van der Waals surface area contributed by atoms with E-state index in [-0.39, 0.29) is 6.54 Å². The Hall–Kier alpha value is -4.43. The van der Waals surface area contributed by atoms with Crippen LogP contribution >= 0.6 is 0 Å². The third-order valence-corrected chi connectivity index (χ3v) is 6.64. The summed E-state index contributed by atoms with van der Waals surface area (Å²) >= 11 is 0. The van der Waals surface area contributed by atoms with Crippen LogP contribution in [0.3, 0.4) is 0 Å². The van der Waals surface area contributed by atoms with Crippen LogP contribution in [0, 0.1) is 0 Å². The smallest absolute Gasteiger partial charge is 0.271 e. The van der Waals surface area contributed by atoms with Gasteiger partial charge in [-0.25, -0.2) is 13.8 Å².